The van der Waals surface area contributed by atoms with Crippen molar-refractivity contribution < 1.29 is 0 Å². The minimum atomic E-state index is 1.08. The minimum absolute atomic E-state index is 1.08. The van der Waals surface area contributed by atoms with Gasteiger partial charge in [-0.25, -0.2) is 0 Å². The third kappa shape index (κ3) is 1.93. The molecule has 1 heteroatoms. The van der Waals surface area contributed by atoms with Gasteiger partial charge in [0.1, 0.15) is 0 Å². The van der Waals surface area contributed by atoms with Crippen molar-refractivity contribution in [3.8, 4) is 5.69 Å². The summed E-state index contributed by atoms with van der Waals surface area (Å²) in [6.45, 7) is 4.35. The molecule has 0 unspecified atom stereocenters. The number of aromatic nitrogens is 1. The molecule has 1 aromatic heterocycles. The number of aryl methyl sites for hydroxylation is 2. The number of hydrogen-bond acceptors (Lipinski definition) is 0. The first-order chi connectivity index (χ1) is 10.8. The third-order valence-corrected chi connectivity index (χ3v) is 4.43. The molecule has 0 saturated heterocycles. The number of rotatable bonds is 2. The summed E-state index contributed by atoms with van der Waals surface area (Å²) in [5.74, 6) is 0. The molecule has 1 nitrogen and oxygen atoms in total. The van der Waals surface area contributed by atoms with Crippen molar-refractivity contribution >= 4 is 21.8 Å². The smallest absolute Gasteiger partial charge is 0.0541 e. The van der Waals surface area contributed by atoms with Gasteiger partial charge in [-0.15, -0.1) is 0 Å². The third-order valence-electron chi connectivity index (χ3n) is 4.43. The van der Waals surface area contributed by atoms with E-state index in [2.05, 4.69) is 85.1 Å². The van der Waals surface area contributed by atoms with Crippen LogP contribution in [0.1, 0.15) is 18.1 Å². The maximum Gasteiger partial charge on any atom is 0.0541 e. The summed E-state index contributed by atoms with van der Waals surface area (Å²) in [7, 11) is 0. The second kappa shape index (κ2) is 5.03. The molecular formula is C21H19N. The predicted octanol–water partition coefficient (Wildman–Crippen LogP) is 5.65. The molecule has 0 radical (unpaired) electrons. The van der Waals surface area contributed by atoms with Crippen LogP contribution < -0.4 is 0 Å². The highest BCUT2D eigenvalue weighted by atomic mass is 15.0. The Labute approximate surface area is 130 Å². The van der Waals surface area contributed by atoms with Gasteiger partial charge < -0.3 is 4.57 Å². The highest BCUT2D eigenvalue weighted by molar-refractivity contribution is 6.09. The van der Waals surface area contributed by atoms with Crippen LogP contribution in [0.3, 0.4) is 0 Å². The van der Waals surface area contributed by atoms with E-state index in [-0.39, 0.29) is 0 Å². The van der Waals surface area contributed by atoms with E-state index in [0.29, 0.717) is 0 Å². The van der Waals surface area contributed by atoms with Crippen molar-refractivity contribution in [3.05, 3.63) is 77.9 Å². The van der Waals surface area contributed by atoms with Crippen molar-refractivity contribution in [2.45, 2.75) is 20.3 Å². The van der Waals surface area contributed by atoms with E-state index in [1.54, 1.807) is 0 Å². The molecule has 0 bridgehead atoms. The molecule has 4 rings (SSSR count). The molecule has 1 heterocycles. The second-order valence-corrected chi connectivity index (χ2v) is 5.89. The van der Waals surface area contributed by atoms with Crippen LogP contribution >= 0.6 is 0 Å². The Balaban J connectivity index is 2.09. The van der Waals surface area contributed by atoms with Crippen LogP contribution in [-0.4, -0.2) is 4.57 Å². The minimum Gasteiger partial charge on any atom is -0.309 e. The quantitative estimate of drug-likeness (QED) is 0.448. The monoisotopic (exact) mass is 285 g/mol. The zero-order valence-corrected chi connectivity index (χ0v) is 13.0. The average Bonchev–Trinajstić information content (AvgIpc) is 2.89. The molecule has 108 valence electrons. The van der Waals surface area contributed by atoms with E-state index in [4.69, 9.17) is 0 Å². The standard InChI is InChI=1S/C21H19N/c1-3-16-9-11-17(12-10-16)22-20-7-5-4-6-18(20)19-14-15(2)8-13-21(19)22/h4-14H,3H2,1-2H3. The van der Waals surface area contributed by atoms with Crippen LogP contribution in [0.4, 0.5) is 0 Å². The van der Waals surface area contributed by atoms with E-state index in [9.17, 15) is 0 Å². The summed E-state index contributed by atoms with van der Waals surface area (Å²) < 4.78 is 2.36. The van der Waals surface area contributed by atoms with Gasteiger partial charge >= 0.3 is 0 Å². The van der Waals surface area contributed by atoms with E-state index in [1.807, 2.05) is 0 Å². The van der Waals surface area contributed by atoms with Crippen LogP contribution in [0, 0.1) is 6.92 Å². The molecule has 0 spiro atoms. The Hall–Kier alpha value is -2.54. The number of fused-ring (bicyclic) bond motifs is 3. The fourth-order valence-electron chi connectivity index (χ4n) is 3.25. The van der Waals surface area contributed by atoms with Gasteiger partial charge in [-0.2, -0.15) is 0 Å². The zero-order valence-electron chi connectivity index (χ0n) is 13.0. The van der Waals surface area contributed by atoms with Gasteiger partial charge in [0.05, 0.1) is 11.0 Å². The Morgan fingerprint density at radius 1 is 0.773 bits per heavy atom. The van der Waals surface area contributed by atoms with Crippen molar-refractivity contribution in [1.82, 2.24) is 4.57 Å². The van der Waals surface area contributed by atoms with Gasteiger partial charge in [0.2, 0.25) is 0 Å². The van der Waals surface area contributed by atoms with Crippen LogP contribution in [0.5, 0.6) is 0 Å². The molecule has 0 saturated carbocycles. The van der Waals surface area contributed by atoms with Crippen molar-refractivity contribution in [3.63, 3.8) is 0 Å². The first-order valence-corrected chi connectivity index (χ1v) is 7.87. The summed E-state index contributed by atoms with van der Waals surface area (Å²) in [5, 5.41) is 2.65. The molecular weight excluding hydrogens is 266 g/mol. The molecule has 22 heavy (non-hydrogen) atoms. The molecule has 0 aliphatic carbocycles. The summed E-state index contributed by atoms with van der Waals surface area (Å²) in [5.41, 5.74) is 6.45. The summed E-state index contributed by atoms with van der Waals surface area (Å²) in [4.78, 5) is 0. The van der Waals surface area contributed by atoms with Crippen LogP contribution in [0.25, 0.3) is 27.5 Å². The molecule has 0 amide bonds. The van der Waals surface area contributed by atoms with Crippen LogP contribution in [-0.2, 0) is 6.42 Å². The Bertz CT molecular complexity index is 958. The van der Waals surface area contributed by atoms with Crippen molar-refractivity contribution in [2.75, 3.05) is 0 Å². The fourth-order valence-corrected chi connectivity index (χ4v) is 3.25. The van der Waals surface area contributed by atoms with Gasteiger partial charge in [-0.3, -0.25) is 0 Å². The normalized spacial score (nSPS) is 11.4. The van der Waals surface area contributed by atoms with Gasteiger partial charge in [0.15, 0.2) is 0 Å². The number of hydrogen-bond donors (Lipinski definition) is 0. The van der Waals surface area contributed by atoms with Gasteiger partial charge in [-0.05, 0) is 49.2 Å². The zero-order chi connectivity index (χ0) is 15.1. The van der Waals surface area contributed by atoms with E-state index in [0.717, 1.165) is 6.42 Å². The SMILES string of the molecule is CCc1ccc(-n2c3ccccc3c3cc(C)ccc32)cc1. The second-order valence-electron chi connectivity index (χ2n) is 5.89. The molecule has 3 aromatic carbocycles. The largest absolute Gasteiger partial charge is 0.309 e. The predicted molar refractivity (Wildman–Crippen MR) is 94.9 cm³/mol. The number of benzene rings is 3. The maximum absolute atomic E-state index is 2.36. The summed E-state index contributed by atoms with van der Waals surface area (Å²) in [6.07, 6.45) is 1.08. The fraction of sp³-hybridized carbons (Fsp3) is 0.143. The van der Waals surface area contributed by atoms with E-state index in [1.165, 1.54) is 38.6 Å². The lowest BCUT2D eigenvalue weighted by atomic mass is 10.1. The maximum atomic E-state index is 2.36. The van der Waals surface area contributed by atoms with Gasteiger partial charge in [0.25, 0.3) is 0 Å². The van der Waals surface area contributed by atoms with Crippen LogP contribution in [0.15, 0.2) is 66.7 Å². The Kier molecular flexibility index (Phi) is 3.00. The molecule has 0 aliphatic rings. The molecule has 0 aliphatic heterocycles. The van der Waals surface area contributed by atoms with Gasteiger partial charge in [-0.1, -0.05) is 48.9 Å². The van der Waals surface area contributed by atoms with Crippen molar-refractivity contribution in [2.24, 2.45) is 0 Å². The first kappa shape index (κ1) is 13.1. The highest BCUT2D eigenvalue weighted by Crippen LogP contribution is 2.32. The lowest BCUT2D eigenvalue weighted by Crippen LogP contribution is -1.94. The molecule has 0 fully saturated rings. The first-order valence-electron chi connectivity index (χ1n) is 7.87. The highest BCUT2D eigenvalue weighted by Gasteiger charge is 2.11. The summed E-state index contributed by atoms with van der Waals surface area (Å²) >= 11 is 0. The Morgan fingerprint density at radius 3 is 2.27 bits per heavy atom. The van der Waals surface area contributed by atoms with E-state index < -0.39 is 0 Å². The molecule has 0 N–H and O–H groups in total. The van der Waals surface area contributed by atoms with Crippen LogP contribution in [0.2, 0.25) is 0 Å². The van der Waals surface area contributed by atoms with Crippen molar-refractivity contribution in [1.29, 1.82) is 0 Å². The number of para-hydroxylation sites is 1. The van der Waals surface area contributed by atoms with Gasteiger partial charge in [0, 0.05) is 16.5 Å². The molecule has 4 aromatic rings. The lowest BCUT2D eigenvalue weighted by molar-refractivity contribution is 1.12. The average molecular weight is 285 g/mol. The Morgan fingerprint density at radius 2 is 1.50 bits per heavy atom. The summed E-state index contributed by atoms with van der Waals surface area (Å²) in [6, 6.07) is 24.3. The lowest BCUT2D eigenvalue weighted by Gasteiger charge is -2.08. The topological polar surface area (TPSA) is 4.93 Å². The number of nitrogens with zero attached hydrogens (tertiary/aromatic N) is 1. The van der Waals surface area contributed by atoms with E-state index >= 15 is 0 Å². The molecule has 0 atom stereocenters.